The van der Waals surface area contributed by atoms with E-state index in [1.165, 1.54) is 0 Å². The van der Waals surface area contributed by atoms with E-state index in [-0.39, 0.29) is 0 Å². The Kier molecular flexibility index (Phi) is 9.96. The second kappa shape index (κ2) is 11.9. The van der Waals surface area contributed by atoms with Crippen molar-refractivity contribution in [2.75, 3.05) is 11.9 Å². The summed E-state index contributed by atoms with van der Waals surface area (Å²) in [7, 11) is 0. The molecule has 11 heteroatoms. The Morgan fingerprint density at radius 2 is 1.37 bits per heavy atom. The van der Waals surface area contributed by atoms with Crippen LogP contribution in [0, 0.1) is 0 Å². The molecule has 1 amide bonds. The molecule has 0 aliphatic carbocycles. The fourth-order valence-corrected chi connectivity index (χ4v) is 2.59. The Balaban J connectivity index is 3.25. The topological polar surface area (TPSA) is 134 Å². The third-order valence-corrected chi connectivity index (χ3v) is 3.93. The van der Waals surface area contributed by atoms with Crippen LogP contribution in [0.3, 0.4) is 0 Å². The van der Waals surface area contributed by atoms with E-state index in [1.807, 2.05) is 0 Å². The Bertz CT molecular complexity index is 794. The first-order valence-corrected chi connectivity index (χ1v) is 9.50. The van der Waals surface area contributed by atoms with Crippen molar-refractivity contribution in [2.24, 2.45) is 0 Å². The number of esters is 4. The summed E-state index contributed by atoms with van der Waals surface area (Å²) in [5.41, 5.74) is 0.367. The van der Waals surface area contributed by atoms with Gasteiger partial charge >= 0.3 is 23.9 Å². The molecule has 1 N–H and O–H groups in total. The maximum Gasteiger partial charge on any atom is 0.303 e. The van der Waals surface area contributed by atoms with Gasteiger partial charge in [0.05, 0.1) is 0 Å². The summed E-state index contributed by atoms with van der Waals surface area (Å²) in [4.78, 5) is 58.8. The number of hydrogen-bond donors (Lipinski definition) is 1. The number of carbonyl (C=O) groups excluding carboxylic acids is 5. The van der Waals surface area contributed by atoms with Crippen molar-refractivity contribution in [3.05, 3.63) is 28.7 Å². The molecular weight excluding hydrogens is 466 g/mol. The molecule has 30 heavy (non-hydrogen) atoms. The highest BCUT2D eigenvalue weighted by Gasteiger charge is 2.42. The van der Waals surface area contributed by atoms with Gasteiger partial charge in [-0.15, -0.1) is 0 Å². The molecule has 0 saturated carbocycles. The molecule has 0 radical (unpaired) electrons. The third kappa shape index (κ3) is 9.03. The molecule has 10 nitrogen and oxygen atoms in total. The highest BCUT2D eigenvalue weighted by Crippen LogP contribution is 2.19. The number of benzene rings is 1. The molecule has 0 fully saturated rings. The van der Waals surface area contributed by atoms with Crippen LogP contribution in [0.25, 0.3) is 0 Å². The minimum Gasteiger partial charge on any atom is -0.462 e. The van der Waals surface area contributed by atoms with Crippen molar-refractivity contribution in [3.63, 3.8) is 0 Å². The summed E-state index contributed by atoms with van der Waals surface area (Å²) in [5, 5.41) is 2.52. The first-order chi connectivity index (χ1) is 14.0. The lowest BCUT2D eigenvalue weighted by molar-refractivity contribution is -0.190. The summed E-state index contributed by atoms with van der Waals surface area (Å²) in [6, 6.07) is 6.50. The zero-order chi connectivity index (χ0) is 22.8. The number of carbonyl (C=O) groups is 5. The van der Waals surface area contributed by atoms with E-state index in [0.29, 0.717) is 5.69 Å². The molecule has 1 rings (SSSR count). The molecule has 0 aliphatic rings. The van der Waals surface area contributed by atoms with Crippen LogP contribution in [0.1, 0.15) is 27.7 Å². The minimum atomic E-state index is -1.70. The van der Waals surface area contributed by atoms with E-state index in [4.69, 9.17) is 18.9 Å². The maximum atomic E-state index is 12.8. The summed E-state index contributed by atoms with van der Waals surface area (Å²) in [6.45, 7) is 3.78. The van der Waals surface area contributed by atoms with Crippen molar-refractivity contribution >= 4 is 51.4 Å². The fourth-order valence-electron chi connectivity index (χ4n) is 2.33. The van der Waals surface area contributed by atoms with Crippen LogP contribution in [0.5, 0.6) is 0 Å². The highest BCUT2D eigenvalue weighted by molar-refractivity contribution is 9.10. The van der Waals surface area contributed by atoms with Gasteiger partial charge in [-0.25, -0.2) is 0 Å². The van der Waals surface area contributed by atoms with Gasteiger partial charge in [0.1, 0.15) is 6.61 Å². The van der Waals surface area contributed by atoms with Gasteiger partial charge in [0.15, 0.2) is 12.2 Å². The van der Waals surface area contributed by atoms with Gasteiger partial charge in [0, 0.05) is 37.9 Å². The quantitative estimate of drug-likeness (QED) is 0.408. The standard InChI is InChI=1S/C19H22BrNO9/c1-10(22)27-9-16(28-11(2)23)17(29-12(3)24)18(30-13(4)25)19(26)21-15-7-5-14(20)6-8-15/h5-8,16-18H,9H2,1-4H3,(H,21,26). The van der Waals surface area contributed by atoms with Crippen LogP contribution in [-0.4, -0.2) is 54.7 Å². The molecule has 0 aromatic heterocycles. The number of halogens is 1. The SMILES string of the molecule is CC(=O)OCC(OC(C)=O)C(OC(C)=O)C(OC(C)=O)C(=O)Nc1ccc(Br)cc1. The van der Waals surface area contributed by atoms with Gasteiger partial charge in [-0.3, -0.25) is 24.0 Å². The predicted molar refractivity (Wildman–Crippen MR) is 106 cm³/mol. The van der Waals surface area contributed by atoms with Crippen LogP contribution in [-0.2, 0) is 42.9 Å². The molecule has 164 valence electrons. The summed E-state index contributed by atoms with van der Waals surface area (Å²) < 4.78 is 20.9. The summed E-state index contributed by atoms with van der Waals surface area (Å²) in [6.07, 6.45) is -4.68. The zero-order valence-electron chi connectivity index (χ0n) is 16.8. The largest absolute Gasteiger partial charge is 0.462 e. The van der Waals surface area contributed by atoms with E-state index < -0.39 is 54.7 Å². The third-order valence-electron chi connectivity index (χ3n) is 3.40. The molecule has 0 heterocycles. The van der Waals surface area contributed by atoms with Gasteiger partial charge in [-0.05, 0) is 24.3 Å². The van der Waals surface area contributed by atoms with E-state index >= 15 is 0 Å². The number of rotatable bonds is 9. The Labute approximate surface area is 181 Å². The molecule has 0 spiro atoms. The van der Waals surface area contributed by atoms with Crippen LogP contribution in [0.15, 0.2) is 28.7 Å². The Hall–Kier alpha value is -2.95. The monoisotopic (exact) mass is 487 g/mol. The van der Waals surface area contributed by atoms with Crippen LogP contribution < -0.4 is 5.32 Å². The first-order valence-electron chi connectivity index (χ1n) is 8.71. The number of amides is 1. The average Bonchev–Trinajstić information content (AvgIpc) is 2.62. The fraction of sp³-hybridized carbons (Fsp3) is 0.421. The van der Waals surface area contributed by atoms with Crippen LogP contribution in [0.4, 0.5) is 5.69 Å². The average molecular weight is 488 g/mol. The zero-order valence-corrected chi connectivity index (χ0v) is 18.4. The number of anilines is 1. The molecule has 0 aliphatic heterocycles. The Morgan fingerprint density at radius 1 is 0.833 bits per heavy atom. The van der Waals surface area contributed by atoms with E-state index in [1.54, 1.807) is 24.3 Å². The predicted octanol–water partition coefficient (Wildman–Crippen LogP) is 1.75. The molecule has 1 aromatic carbocycles. The lowest BCUT2D eigenvalue weighted by atomic mass is 10.1. The van der Waals surface area contributed by atoms with Gasteiger partial charge in [0.2, 0.25) is 6.10 Å². The number of nitrogens with one attached hydrogen (secondary N) is 1. The van der Waals surface area contributed by atoms with Crippen molar-refractivity contribution in [1.29, 1.82) is 0 Å². The lowest BCUT2D eigenvalue weighted by Gasteiger charge is -2.30. The van der Waals surface area contributed by atoms with Crippen LogP contribution in [0.2, 0.25) is 0 Å². The lowest BCUT2D eigenvalue weighted by Crippen LogP contribution is -2.52. The summed E-state index contributed by atoms with van der Waals surface area (Å²) in [5.74, 6) is -4.03. The Morgan fingerprint density at radius 3 is 1.83 bits per heavy atom. The number of ether oxygens (including phenoxy) is 4. The normalized spacial score (nSPS) is 13.2. The van der Waals surface area contributed by atoms with Crippen molar-refractivity contribution in [3.8, 4) is 0 Å². The maximum absolute atomic E-state index is 12.8. The van der Waals surface area contributed by atoms with E-state index in [9.17, 15) is 24.0 Å². The van der Waals surface area contributed by atoms with E-state index in [0.717, 1.165) is 32.2 Å². The molecule has 3 atom stereocenters. The minimum absolute atomic E-state index is 0.367. The second-order valence-electron chi connectivity index (χ2n) is 6.05. The highest BCUT2D eigenvalue weighted by atomic mass is 79.9. The van der Waals surface area contributed by atoms with Crippen molar-refractivity contribution in [2.45, 2.75) is 46.0 Å². The summed E-state index contributed by atoms with van der Waals surface area (Å²) >= 11 is 3.27. The van der Waals surface area contributed by atoms with Crippen molar-refractivity contribution in [1.82, 2.24) is 0 Å². The molecule has 3 unspecified atom stereocenters. The molecule has 1 aromatic rings. The van der Waals surface area contributed by atoms with E-state index in [2.05, 4.69) is 21.2 Å². The van der Waals surface area contributed by atoms with Gasteiger partial charge in [0.25, 0.3) is 5.91 Å². The van der Waals surface area contributed by atoms with Crippen molar-refractivity contribution < 1.29 is 42.9 Å². The second-order valence-corrected chi connectivity index (χ2v) is 6.97. The van der Waals surface area contributed by atoms with Gasteiger partial charge < -0.3 is 24.3 Å². The van der Waals surface area contributed by atoms with Gasteiger partial charge in [-0.2, -0.15) is 0 Å². The smallest absolute Gasteiger partial charge is 0.303 e. The molecular formula is C19H22BrNO9. The first kappa shape index (κ1) is 25.1. The van der Waals surface area contributed by atoms with Crippen LogP contribution >= 0.6 is 15.9 Å². The molecule has 0 bridgehead atoms. The van der Waals surface area contributed by atoms with Gasteiger partial charge in [-0.1, -0.05) is 15.9 Å². The number of hydrogen-bond acceptors (Lipinski definition) is 9. The molecule has 0 saturated heterocycles.